The third-order valence-electron chi connectivity index (χ3n) is 3.55. The summed E-state index contributed by atoms with van der Waals surface area (Å²) in [6.45, 7) is 6.99. The number of aliphatic hydroxyl groups is 1. The second-order valence-electron chi connectivity index (χ2n) is 6.54. The Balaban J connectivity index is 2.24. The minimum absolute atomic E-state index is 0.0470. The molecule has 0 spiro atoms. The van der Waals surface area contributed by atoms with E-state index in [2.05, 4.69) is 10.6 Å². The maximum absolute atomic E-state index is 13.0. The van der Waals surface area contributed by atoms with Crippen molar-refractivity contribution in [3.05, 3.63) is 30.1 Å². The Bertz CT molecular complexity index is 477. The standard InChI is InChI=1S/C17H27FN2O2/c1-13(19-9-5-8-17(2,3)12-21)10-16(22)20-15-7-4-6-14(18)11-15/h4,6-7,11,13,19,21H,5,8-10,12H2,1-3H3,(H,20,22). The number of hydrogen-bond donors (Lipinski definition) is 3. The minimum atomic E-state index is -0.365. The van der Waals surface area contributed by atoms with Crippen LogP contribution in [0.3, 0.4) is 0 Å². The van der Waals surface area contributed by atoms with E-state index in [-0.39, 0.29) is 29.8 Å². The fraction of sp³-hybridized carbons (Fsp3) is 0.588. The van der Waals surface area contributed by atoms with E-state index in [4.69, 9.17) is 0 Å². The van der Waals surface area contributed by atoms with E-state index in [9.17, 15) is 14.3 Å². The van der Waals surface area contributed by atoms with Crippen LogP contribution in [0.5, 0.6) is 0 Å². The third-order valence-corrected chi connectivity index (χ3v) is 3.55. The van der Waals surface area contributed by atoms with Crippen LogP contribution in [0.1, 0.15) is 40.0 Å². The van der Waals surface area contributed by atoms with Crippen LogP contribution in [0.15, 0.2) is 24.3 Å². The van der Waals surface area contributed by atoms with Crippen molar-refractivity contribution in [2.24, 2.45) is 5.41 Å². The quantitative estimate of drug-likeness (QED) is 0.615. The minimum Gasteiger partial charge on any atom is -0.396 e. The van der Waals surface area contributed by atoms with Gasteiger partial charge in [-0.15, -0.1) is 0 Å². The van der Waals surface area contributed by atoms with Gasteiger partial charge in [0.1, 0.15) is 5.82 Å². The van der Waals surface area contributed by atoms with Crippen molar-refractivity contribution >= 4 is 11.6 Å². The van der Waals surface area contributed by atoms with Gasteiger partial charge >= 0.3 is 0 Å². The molecular formula is C17H27FN2O2. The smallest absolute Gasteiger partial charge is 0.225 e. The number of hydrogen-bond acceptors (Lipinski definition) is 3. The molecule has 0 saturated heterocycles. The molecule has 0 radical (unpaired) electrons. The average molecular weight is 310 g/mol. The number of nitrogens with one attached hydrogen (secondary N) is 2. The molecule has 0 aliphatic rings. The van der Waals surface area contributed by atoms with Gasteiger partial charge < -0.3 is 15.7 Å². The summed E-state index contributed by atoms with van der Waals surface area (Å²) in [5.41, 5.74) is 0.418. The summed E-state index contributed by atoms with van der Waals surface area (Å²) >= 11 is 0. The summed E-state index contributed by atoms with van der Waals surface area (Å²) in [6.07, 6.45) is 2.21. The van der Waals surface area contributed by atoms with Gasteiger partial charge in [0.2, 0.25) is 5.91 Å². The molecule has 1 atom stereocenters. The number of amides is 1. The maximum Gasteiger partial charge on any atom is 0.225 e. The molecule has 0 bridgehead atoms. The topological polar surface area (TPSA) is 61.4 Å². The van der Waals surface area contributed by atoms with E-state index in [0.29, 0.717) is 12.1 Å². The van der Waals surface area contributed by atoms with Crippen molar-refractivity contribution in [3.63, 3.8) is 0 Å². The molecule has 1 unspecified atom stereocenters. The van der Waals surface area contributed by atoms with Crippen molar-refractivity contribution in [1.82, 2.24) is 5.32 Å². The van der Waals surface area contributed by atoms with Gasteiger partial charge in [-0.25, -0.2) is 4.39 Å². The van der Waals surface area contributed by atoms with Crippen LogP contribution in [0.2, 0.25) is 0 Å². The lowest BCUT2D eigenvalue weighted by atomic mass is 9.89. The molecule has 0 fully saturated rings. The Hall–Kier alpha value is -1.46. The number of benzene rings is 1. The van der Waals surface area contributed by atoms with Gasteiger partial charge in [-0.2, -0.15) is 0 Å². The number of carbonyl (C=O) groups excluding carboxylic acids is 1. The molecular weight excluding hydrogens is 283 g/mol. The first-order chi connectivity index (χ1) is 10.3. The maximum atomic E-state index is 13.0. The predicted octanol–water partition coefficient (Wildman–Crippen LogP) is 2.93. The Morgan fingerprint density at radius 2 is 2.14 bits per heavy atom. The molecule has 0 saturated carbocycles. The van der Waals surface area contributed by atoms with Gasteiger partial charge in [-0.1, -0.05) is 19.9 Å². The zero-order valence-corrected chi connectivity index (χ0v) is 13.7. The average Bonchev–Trinajstić information content (AvgIpc) is 2.43. The molecule has 1 rings (SSSR count). The molecule has 4 nitrogen and oxygen atoms in total. The summed E-state index contributed by atoms with van der Waals surface area (Å²) in [5.74, 6) is -0.503. The molecule has 3 N–H and O–H groups in total. The van der Waals surface area contributed by atoms with E-state index < -0.39 is 0 Å². The van der Waals surface area contributed by atoms with Crippen LogP contribution in [-0.4, -0.2) is 30.2 Å². The second kappa shape index (κ2) is 8.86. The van der Waals surface area contributed by atoms with Gasteiger partial charge in [0, 0.05) is 24.8 Å². The fourth-order valence-corrected chi connectivity index (χ4v) is 2.12. The highest BCUT2D eigenvalue weighted by atomic mass is 19.1. The van der Waals surface area contributed by atoms with Crippen molar-refractivity contribution in [1.29, 1.82) is 0 Å². The highest BCUT2D eigenvalue weighted by Crippen LogP contribution is 2.20. The van der Waals surface area contributed by atoms with E-state index >= 15 is 0 Å². The van der Waals surface area contributed by atoms with Crippen LogP contribution in [0.25, 0.3) is 0 Å². The molecule has 22 heavy (non-hydrogen) atoms. The summed E-state index contributed by atoms with van der Waals surface area (Å²) in [5, 5.41) is 15.2. The molecule has 1 aromatic carbocycles. The highest BCUT2D eigenvalue weighted by molar-refractivity contribution is 5.91. The zero-order chi connectivity index (χ0) is 16.6. The van der Waals surface area contributed by atoms with Gasteiger partial charge in [0.15, 0.2) is 0 Å². The number of carbonyl (C=O) groups is 1. The van der Waals surface area contributed by atoms with Crippen molar-refractivity contribution in [2.45, 2.75) is 46.1 Å². The van der Waals surface area contributed by atoms with Crippen LogP contribution in [0, 0.1) is 11.2 Å². The first kappa shape index (κ1) is 18.6. The largest absolute Gasteiger partial charge is 0.396 e. The molecule has 1 aromatic rings. The summed E-state index contributed by atoms with van der Waals surface area (Å²) in [7, 11) is 0. The molecule has 0 heterocycles. The summed E-state index contributed by atoms with van der Waals surface area (Å²) in [4.78, 5) is 11.9. The van der Waals surface area contributed by atoms with E-state index in [1.54, 1.807) is 12.1 Å². The Labute approximate surface area is 132 Å². The molecule has 0 aliphatic heterocycles. The van der Waals surface area contributed by atoms with Gasteiger partial charge in [0.05, 0.1) is 0 Å². The van der Waals surface area contributed by atoms with Crippen molar-refractivity contribution in [3.8, 4) is 0 Å². The van der Waals surface area contributed by atoms with E-state index in [1.165, 1.54) is 12.1 Å². The lowest BCUT2D eigenvalue weighted by Crippen LogP contribution is -2.32. The van der Waals surface area contributed by atoms with E-state index in [0.717, 1.165) is 19.4 Å². The lowest BCUT2D eigenvalue weighted by molar-refractivity contribution is -0.116. The monoisotopic (exact) mass is 310 g/mol. The van der Waals surface area contributed by atoms with Gasteiger partial charge in [-0.05, 0) is 49.9 Å². The molecule has 0 aromatic heterocycles. The van der Waals surface area contributed by atoms with Crippen LogP contribution < -0.4 is 10.6 Å². The van der Waals surface area contributed by atoms with Crippen LogP contribution in [-0.2, 0) is 4.79 Å². The molecule has 124 valence electrons. The number of halogens is 1. The van der Waals surface area contributed by atoms with E-state index in [1.807, 2.05) is 20.8 Å². The Kier molecular flexibility index (Phi) is 7.48. The number of anilines is 1. The first-order valence-corrected chi connectivity index (χ1v) is 7.72. The van der Waals surface area contributed by atoms with Crippen molar-refractivity contribution < 1.29 is 14.3 Å². The van der Waals surface area contributed by atoms with Gasteiger partial charge in [-0.3, -0.25) is 4.79 Å². The SMILES string of the molecule is CC(CC(=O)Nc1cccc(F)c1)NCCCC(C)(C)CO. The van der Waals surface area contributed by atoms with Crippen molar-refractivity contribution in [2.75, 3.05) is 18.5 Å². The number of aliphatic hydroxyl groups excluding tert-OH is 1. The van der Waals surface area contributed by atoms with Gasteiger partial charge in [0.25, 0.3) is 0 Å². The zero-order valence-electron chi connectivity index (χ0n) is 13.7. The van der Waals surface area contributed by atoms with Crippen LogP contribution >= 0.6 is 0 Å². The Morgan fingerprint density at radius 3 is 2.77 bits per heavy atom. The Morgan fingerprint density at radius 1 is 1.41 bits per heavy atom. The third kappa shape index (κ3) is 7.52. The fourth-order valence-electron chi connectivity index (χ4n) is 2.12. The first-order valence-electron chi connectivity index (χ1n) is 7.72. The number of rotatable bonds is 9. The normalized spacial score (nSPS) is 13.0. The molecule has 5 heteroatoms. The molecule has 1 amide bonds. The highest BCUT2D eigenvalue weighted by Gasteiger charge is 2.16. The molecule has 0 aliphatic carbocycles. The van der Waals surface area contributed by atoms with Crippen LogP contribution in [0.4, 0.5) is 10.1 Å². The summed E-state index contributed by atoms with van der Waals surface area (Å²) in [6, 6.07) is 5.91. The lowest BCUT2D eigenvalue weighted by Gasteiger charge is -2.22. The second-order valence-corrected chi connectivity index (χ2v) is 6.54. The predicted molar refractivity (Wildman–Crippen MR) is 87.2 cm³/mol. The summed E-state index contributed by atoms with van der Waals surface area (Å²) < 4.78 is 13.0.